The van der Waals surface area contributed by atoms with E-state index in [0.717, 1.165) is 22.6 Å². The molecule has 0 fully saturated rings. The average molecular weight is 500 g/mol. The van der Waals surface area contributed by atoms with Crippen LogP contribution in [0.3, 0.4) is 0 Å². The molecule has 1 atom stereocenters. The van der Waals surface area contributed by atoms with Crippen molar-refractivity contribution < 1.29 is 0 Å². The molecule has 1 unspecified atom stereocenters. The summed E-state index contributed by atoms with van der Waals surface area (Å²) in [6, 6.07) is 47.6. The van der Waals surface area contributed by atoms with Gasteiger partial charge < -0.3 is 4.90 Å². The van der Waals surface area contributed by atoms with E-state index in [2.05, 4.69) is 163 Å². The molecule has 5 aromatic carbocycles. The summed E-state index contributed by atoms with van der Waals surface area (Å²) < 4.78 is 0. The predicted molar refractivity (Wildman–Crippen MR) is 165 cm³/mol. The average Bonchev–Trinajstić information content (AvgIpc) is 3.30. The number of hydrogen-bond acceptors (Lipinski definition) is 1. The van der Waals surface area contributed by atoms with E-state index in [1.54, 1.807) is 0 Å². The molecule has 0 amide bonds. The monoisotopic (exact) mass is 499 g/mol. The highest BCUT2D eigenvalue weighted by atomic mass is 15.1. The van der Waals surface area contributed by atoms with E-state index < -0.39 is 5.41 Å². The molecule has 1 nitrogen and oxygen atoms in total. The van der Waals surface area contributed by atoms with Crippen molar-refractivity contribution in [3.63, 3.8) is 0 Å². The van der Waals surface area contributed by atoms with Gasteiger partial charge in [-0.1, -0.05) is 109 Å². The standard InChI is InChI=1S/C38H29N/c1-3-5-17-29(4-2)38(30-18-9-6-10-19-30)36-25-16-15-24-34(36)35-27-26-33(28-37(35)38)39(31-20-11-7-12-21-31)32-22-13-8-14-23-32/h1,4-28H,2H3/b17-5-,29-4+. The van der Waals surface area contributed by atoms with E-state index in [1.165, 1.54) is 27.8 Å². The second-order valence-corrected chi connectivity index (χ2v) is 9.64. The molecule has 0 N–H and O–H groups in total. The van der Waals surface area contributed by atoms with Gasteiger partial charge in [0.1, 0.15) is 0 Å². The Kier molecular flexibility index (Phi) is 6.45. The van der Waals surface area contributed by atoms with E-state index in [0.29, 0.717) is 0 Å². The van der Waals surface area contributed by atoms with Crippen LogP contribution in [0.2, 0.25) is 0 Å². The first-order valence-corrected chi connectivity index (χ1v) is 13.3. The van der Waals surface area contributed by atoms with Gasteiger partial charge in [0, 0.05) is 17.1 Å². The van der Waals surface area contributed by atoms with E-state index in [4.69, 9.17) is 6.42 Å². The zero-order valence-electron chi connectivity index (χ0n) is 22.0. The lowest BCUT2D eigenvalue weighted by Gasteiger charge is -2.35. The minimum absolute atomic E-state index is 0.510. The van der Waals surface area contributed by atoms with Crippen LogP contribution in [0.4, 0.5) is 17.1 Å². The molecule has 0 saturated carbocycles. The van der Waals surface area contributed by atoms with Gasteiger partial charge >= 0.3 is 0 Å². The summed E-state index contributed by atoms with van der Waals surface area (Å²) in [6.07, 6.45) is 11.8. The highest BCUT2D eigenvalue weighted by Gasteiger charge is 2.46. The second kappa shape index (κ2) is 10.4. The molecule has 0 spiro atoms. The van der Waals surface area contributed by atoms with Crippen LogP contribution in [0.1, 0.15) is 23.6 Å². The molecule has 0 saturated heterocycles. The summed E-state index contributed by atoms with van der Waals surface area (Å²) in [5.74, 6) is 2.72. The topological polar surface area (TPSA) is 3.24 Å². The maximum Gasteiger partial charge on any atom is 0.0711 e. The number of rotatable bonds is 6. The smallest absolute Gasteiger partial charge is 0.0711 e. The molecule has 186 valence electrons. The number of benzene rings is 5. The number of anilines is 3. The summed E-state index contributed by atoms with van der Waals surface area (Å²) >= 11 is 0. The Morgan fingerprint density at radius 3 is 1.82 bits per heavy atom. The van der Waals surface area contributed by atoms with Crippen LogP contribution in [-0.2, 0) is 5.41 Å². The second-order valence-electron chi connectivity index (χ2n) is 9.64. The molecular weight excluding hydrogens is 470 g/mol. The van der Waals surface area contributed by atoms with Crippen molar-refractivity contribution >= 4 is 17.1 Å². The van der Waals surface area contributed by atoms with Gasteiger partial charge in [-0.15, -0.1) is 6.42 Å². The van der Waals surface area contributed by atoms with Crippen LogP contribution in [0.25, 0.3) is 11.1 Å². The molecule has 1 aliphatic carbocycles. The van der Waals surface area contributed by atoms with Crippen molar-refractivity contribution in [1.29, 1.82) is 0 Å². The number of para-hydroxylation sites is 2. The Morgan fingerprint density at radius 1 is 0.641 bits per heavy atom. The molecule has 39 heavy (non-hydrogen) atoms. The largest absolute Gasteiger partial charge is 0.310 e. The summed E-state index contributed by atoms with van der Waals surface area (Å²) in [7, 11) is 0. The number of fused-ring (bicyclic) bond motifs is 3. The maximum absolute atomic E-state index is 5.72. The van der Waals surface area contributed by atoms with Gasteiger partial charge in [0.15, 0.2) is 0 Å². The van der Waals surface area contributed by atoms with Crippen LogP contribution >= 0.6 is 0 Å². The molecular formula is C38H29N. The molecule has 0 heterocycles. The normalized spacial score (nSPS) is 15.9. The minimum atomic E-state index is -0.510. The fourth-order valence-corrected chi connectivity index (χ4v) is 6.06. The van der Waals surface area contributed by atoms with Gasteiger partial charge in [0.25, 0.3) is 0 Å². The molecule has 0 bridgehead atoms. The summed E-state index contributed by atoms with van der Waals surface area (Å²) in [6.45, 7) is 2.10. The summed E-state index contributed by atoms with van der Waals surface area (Å²) in [5, 5.41) is 0. The highest BCUT2D eigenvalue weighted by Crippen LogP contribution is 2.57. The molecule has 6 rings (SSSR count). The number of allylic oxidation sites excluding steroid dienone is 4. The Balaban J connectivity index is 1.69. The van der Waals surface area contributed by atoms with Crippen LogP contribution in [0.15, 0.2) is 157 Å². The first-order valence-electron chi connectivity index (χ1n) is 13.3. The van der Waals surface area contributed by atoms with Gasteiger partial charge in [0.05, 0.1) is 5.41 Å². The van der Waals surface area contributed by atoms with Crippen LogP contribution in [-0.4, -0.2) is 0 Å². The first-order chi connectivity index (χ1) is 19.3. The van der Waals surface area contributed by atoms with Crippen LogP contribution in [0.5, 0.6) is 0 Å². The van der Waals surface area contributed by atoms with Gasteiger partial charge in [-0.25, -0.2) is 0 Å². The molecule has 0 aromatic heterocycles. The van der Waals surface area contributed by atoms with Crippen molar-refractivity contribution in [2.45, 2.75) is 12.3 Å². The fraction of sp³-hybridized carbons (Fsp3) is 0.0526. The predicted octanol–water partition coefficient (Wildman–Crippen LogP) is 9.61. The maximum atomic E-state index is 5.72. The van der Waals surface area contributed by atoms with E-state index in [9.17, 15) is 0 Å². The lowest BCUT2D eigenvalue weighted by atomic mass is 9.67. The Bertz CT molecular complexity index is 1670. The third kappa shape index (κ3) is 3.99. The zero-order valence-corrected chi connectivity index (χ0v) is 22.0. The Morgan fingerprint density at radius 2 is 1.21 bits per heavy atom. The van der Waals surface area contributed by atoms with Crippen molar-refractivity contribution in [2.75, 3.05) is 4.90 Å². The van der Waals surface area contributed by atoms with Crippen molar-refractivity contribution in [3.05, 3.63) is 174 Å². The number of hydrogen-bond donors (Lipinski definition) is 0. The van der Waals surface area contributed by atoms with Crippen LogP contribution in [0, 0.1) is 12.3 Å². The van der Waals surface area contributed by atoms with Crippen molar-refractivity contribution in [3.8, 4) is 23.5 Å². The van der Waals surface area contributed by atoms with Crippen molar-refractivity contribution in [2.24, 2.45) is 0 Å². The van der Waals surface area contributed by atoms with Gasteiger partial charge in [-0.2, -0.15) is 0 Å². The quantitative estimate of drug-likeness (QED) is 0.166. The zero-order chi connectivity index (χ0) is 26.7. The van der Waals surface area contributed by atoms with E-state index in [-0.39, 0.29) is 0 Å². The highest BCUT2D eigenvalue weighted by molar-refractivity contribution is 5.89. The molecule has 0 radical (unpaired) electrons. The first kappa shape index (κ1) is 24.3. The summed E-state index contributed by atoms with van der Waals surface area (Å²) in [5.41, 5.74) is 10.2. The van der Waals surface area contributed by atoms with E-state index >= 15 is 0 Å². The lowest BCUT2D eigenvalue weighted by Crippen LogP contribution is -2.29. The van der Waals surface area contributed by atoms with Crippen molar-refractivity contribution in [1.82, 2.24) is 0 Å². The molecule has 1 aliphatic rings. The van der Waals surface area contributed by atoms with Gasteiger partial charge in [-0.3, -0.25) is 0 Å². The Hall–Kier alpha value is -5.06. The molecule has 1 heteroatoms. The molecule has 0 aliphatic heterocycles. The van der Waals surface area contributed by atoms with Gasteiger partial charge in [0.2, 0.25) is 0 Å². The summed E-state index contributed by atoms with van der Waals surface area (Å²) in [4.78, 5) is 2.33. The van der Waals surface area contributed by atoms with E-state index in [1.807, 2.05) is 6.08 Å². The Labute approximate surface area is 231 Å². The number of terminal acetylenes is 1. The SMILES string of the molecule is C#C/C=C\C(=C/C)C1(c2ccccc2)c2ccccc2-c2ccc(N(c3ccccc3)c3ccccc3)cc21. The third-order valence-corrected chi connectivity index (χ3v) is 7.63. The van der Waals surface area contributed by atoms with Crippen LogP contribution < -0.4 is 4.90 Å². The lowest BCUT2D eigenvalue weighted by molar-refractivity contribution is 0.765. The van der Waals surface area contributed by atoms with Gasteiger partial charge in [-0.05, 0) is 88.9 Å². The minimum Gasteiger partial charge on any atom is -0.310 e. The fourth-order valence-electron chi connectivity index (χ4n) is 6.06. The number of nitrogens with zero attached hydrogens (tertiary/aromatic N) is 1. The third-order valence-electron chi connectivity index (χ3n) is 7.63. The molecule has 5 aromatic rings.